The molecule has 1 saturated heterocycles. The predicted molar refractivity (Wildman–Crippen MR) is 101 cm³/mol. The number of rotatable bonds is 3. The molecule has 1 atom stereocenters. The molecule has 0 spiro atoms. The molecule has 9 heteroatoms. The molecule has 2 N–H and O–H groups in total. The van der Waals surface area contributed by atoms with Crippen molar-refractivity contribution in [1.82, 2.24) is 13.4 Å². The van der Waals surface area contributed by atoms with E-state index in [2.05, 4.69) is 0 Å². The van der Waals surface area contributed by atoms with Crippen molar-refractivity contribution in [2.24, 2.45) is 25.7 Å². The molecule has 0 saturated carbocycles. The van der Waals surface area contributed by atoms with E-state index in [-0.39, 0.29) is 29.0 Å². The second-order valence-electron chi connectivity index (χ2n) is 6.65. The highest BCUT2D eigenvalue weighted by Gasteiger charge is 2.31. The van der Waals surface area contributed by atoms with Gasteiger partial charge in [-0.05, 0) is 43.9 Å². The minimum Gasteiger partial charge on any atom is -0.328 e. The van der Waals surface area contributed by atoms with Gasteiger partial charge in [-0.25, -0.2) is 13.2 Å². The molecular formula is C16H25ClN4O3S. The molecule has 2 aromatic rings. The fourth-order valence-electron chi connectivity index (χ4n) is 3.44. The number of aryl methyl sites for hydroxylation is 2. The van der Waals surface area contributed by atoms with Gasteiger partial charge >= 0.3 is 5.69 Å². The van der Waals surface area contributed by atoms with Crippen molar-refractivity contribution in [3.05, 3.63) is 28.7 Å². The van der Waals surface area contributed by atoms with Crippen LogP contribution in [-0.4, -0.2) is 41.0 Å². The van der Waals surface area contributed by atoms with Crippen LogP contribution in [-0.2, 0) is 24.1 Å². The molecule has 0 radical (unpaired) electrons. The summed E-state index contributed by atoms with van der Waals surface area (Å²) in [5, 5.41) is 0. The van der Waals surface area contributed by atoms with Gasteiger partial charge < -0.3 is 5.73 Å². The number of piperidine rings is 1. The summed E-state index contributed by atoms with van der Waals surface area (Å²) in [6.07, 6.45) is 1.56. The Hall–Kier alpha value is -1.35. The SMILES string of the molecule is CC(N)C1CCN(S(=O)(=O)c2ccc3c(c2)n(C)c(=O)n3C)CC1.Cl. The molecule has 25 heavy (non-hydrogen) atoms. The third kappa shape index (κ3) is 3.36. The van der Waals surface area contributed by atoms with Gasteiger partial charge in [0.2, 0.25) is 10.0 Å². The maximum absolute atomic E-state index is 12.9. The van der Waals surface area contributed by atoms with E-state index in [0.717, 1.165) is 18.4 Å². The Kier molecular flexibility index (Phi) is 5.68. The number of sulfonamides is 1. The van der Waals surface area contributed by atoms with Crippen LogP contribution in [0.25, 0.3) is 11.0 Å². The number of imidazole rings is 1. The first-order chi connectivity index (χ1) is 11.2. The van der Waals surface area contributed by atoms with E-state index in [0.29, 0.717) is 24.5 Å². The van der Waals surface area contributed by atoms with Gasteiger partial charge in [0.15, 0.2) is 0 Å². The van der Waals surface area contributed by atoms with Gasteiger partial charge in [0.05, 0.1) is 15.9 Å². The van der Waals surface area contributed by atoms with Crippen molar-refractivity contribution in [3.8, 4) is 0 Å². The van der Waals surface area contributed by atoms with Crippen molar-refractivity contribution < 1.29 is 8.42 Å². The minimum absolute atomic E-state index is 0. The number of hydrogen-bond acceptors (Lipinski definition) is 4. The molecular weight excluding hydrogens is 364 g/mol. The van der Waals surface area contributed by atoms with E-state index in [1.807, 2.05) is 6.92 Å². The minimum atomic E-state index is -3.56. The van der Waals surface area contributed by atoms with Crippen LogP contribution in [0.3, 0.4) is 0 Å². The van der Waals surface area contributed by atoms with Crippen molar-refractivity contribution in [1.29, 1.82) is 0 Å². The number of nitrogens with zero attached hydrogens (tertiary/aromatic N) is 3. The van der Waals surface area contributed by atoms with E-state index < -0.39 is 10.0 Å². The van der Waals surface area contributed by atoms with Crippen molar-refractivity contribution in [2.45, 2.75) is 30.7 Å². The lowest BCUT2D eigenvalue weighted by Gasteiger charge is -2.32. The first kappa shape index (κ1) is 20.0. The van der Waals surface area contributed by atoms with Gasteiger partial charge in [-0.3, -0.25) is 9.13 Å². The van der Waals surface area contributed by atoms with Gasteiger partial charge in [-0.2, -0.15) is 4.31 Å². The van der Waals surface area contributed by atoms with Crippen LogP contribution in [0.5, 0.6) is 0 Å². The predicted octanol–water partition coefficient (Wildman–Crippen LogP) is 1.05. The Bertz CT molecular complexity index is 925. The molecule has 7 nitrogen and oxygen atoms in total. The topological polar surface area (TPSA) is 90.3 Å². The molecule has 1 aromatic carbocycles. The highest BCUT2D eigenvalue weighted by Crippen LogP contribution is 2.26. The smallest absolute Gasteiger partial charge is 0.328 e. The standard InChI is InChI=1S/C16H24N4O3S.ClH/c1-11(17)12-6-8-20(9-7-12)24(22,23)13-4-5-14-15(10-13)19(3)16(21)18(14)2;/h4-5,10-12H,6-9,17H2,1-3H3;1H. The summed E-state index contributed by atoms with van der Waals surface area (Å²) in [5.74, 6) is 0.369. The zero-order valence-electron chi connectivity index (χ0n) is 14.7. The summed E-state index contributed by atoms with van der Waals surface area (Å²) in [7, 11) is -0.229. The molecule has 1 unspecified atom stereocenters. The van der Waals surface area contributed by atoms with E-state index in [1.165, 1.54) is 13.4 Å². The zero-order valence-corrected chi connectivity index (χ0v) is 16.3. The van der Waals surface area contributed by atoms with Gasteiger partial charge in [-0.1, -0.05) is 0 Å². The Morgan fingerprint density at radius 2 is 1.68 bits per heavy atom. The van der Waals surface area contributed by atoms with Gasteiger partial charge in [0.25, 0.3) is 0 Å². The Morgan fingerprint density at radius 3 is 2.24 bits per heavy atom. The highest BCUT2D eigenvalue weighted by atomic mass is 35.5. The number of hydrogen-bond donors (Lipinski definition) is 1. The highest BCUT2D eigenvalue weighted by molar-refractivity contribution is 7.89. The second-order valence-corrected chi connectivity index (χ2v) is 8.59. The van der Waals surface area contributed by atoms with E-state index in [9.17, 15) is 13.2 Å². The largest absolute Gasteiger partial charge is 0.328 e. The lowest BCUT2D eigenvalue weighted by atomic mass is 9.92. The Morgan fingerprint density at radius 1 is 1.12 bits per heavy atom. The fraction of sp³-hybridized carbons (Fsp3) is 0.562. The first-order valence-corrected chi connectivity index (χ1v) is 9.58. The third-order valence-electron chi connectivity index (χ3n) is 5.12. The van der Waals surface area contributed by atoms with Gasteiger partial charge in [0.1, 0.15) is 0 Å². The second kappa shape index (κ2) is 7.11. The average molecular weight is 389 g/mol. The van der Waals surface area contributed by atoms with Crippen LogP contribution < -0.4 is 11.4 Å². The average Bonchev–Trinajstić information content (AvgIpc) is 2.79. The van der Waals surface area contributed by atoms with Crippen molar-refractivity contribution >= 4 is 33.5 Å². The Labute approximate surface area is 153 Å². The zero-order chi connectivity index (χ0) is 17.6. The lowest BCUT2D eigenvalue weighted by Crippen LogP contribution is -2.42. The number of halogens is 1. The summed E-state index contributed by atoms with van der Waals surface area (Å²) in [6, 6.07) is 4.95. The fourth-order valence-corrected chi connectivity index (χ4v) is 4.93. The summed E-state index contributed by atoms with van der Waals surface area (Å²) < 4.78 is 30.3. The summed E-state index contributed by atoms with van der Waals surface area (Å²) >= 11 is 0. The van der Waals surface area contributed by atoms with Crippen molar-refractivity contribution in [3.63, 3.8) is 0 Å². The summed E-state index contributed by atoms with van der Waals surface area (Å²) in [5.41, 5.74) is 7.10. The molecule has 2 heterocycles. The molecule has 140 valence electrons. The number of nitrogens with two attached hydrogens (primary N) is 1. The molecule has 0 amide bonds. The third-order valence-corrected chi connectivity index (χ3v) is 7.02. The molecule has 1 fully saturated rings. The monoisotopic (exact) mass is 388 g/mol. The molecule has 0 bridgehead atoms. The number of fused-ring (bicyclic) bond motifs is 1. The molecule has 0 aliphatic carbocycles. The van der Waals surface area contributed by atoms with Crippen molar-refractivity contribution in [2.75, 3.05) is 13.1 Å². The van der Waals surface area contributed by atoms with E-state index in [4.69, 9.17) is 5.73 Å². The van der Waals surface area contributed by atoms with E-state index >= 15 is 0 Å². The maximum atomic E-state index is 12.9. The van der Waals surface area contributed by atoms with Gasteiger partial charge in [0, 0.05) is 33.2 Å². The number of aromatic nitrogens is 2. The summed E-state index contributed by atoms with van der Waals surface area (Å²) in [6.45, 7) is 2.94. The molecule has 1 aromatic heterocycles. The maximum Gasteiger partial charge on any atom is 0.328 e. The van der Waals surface area contributed by atoms with Crippen LogP contribution in [0.4, 0.5) is 0 Å². The quantitative estimate of drug-likeness (QED) is 0.850. The molecule has 3 rings (SSSR count). The van der Waals surface area contributed by atoms with Crippen LogP contribution in [0, 0.1) is 5.92 Å². The van der Waals surface area contributed by atoms with Crippen LogP contribution >= 0.6 is 12.4 Å². The van der Waals surface area contributed by atoms with Crippen LogP contribution in [0.15, 0.2) is 27.9 Å². The van der Waals surface area contributed by atoms with Crippen LogP contribution in [0.2, 0.25) is 0 Å². The lowest BCUT2D eigenvalue weighted by molar-refractivity contribution is 0.251. The summed E-state index contributed by atoms with van der Waals surface area (Å²) in [4.78, 5) is 12.2. The van der Waals surface area contributed by atoms with Gasteiger partial charge in [-0.15, -0.1) is 12.4 Å². The Balaban J connectivity index is 0.00000225. The number of benzene rings is 1. The molecule has 1 aliphatic rings. The first-order valence-electron chi connectivity index (χ1n) is 8.14. The van der Waals surface area contributed by atoms with Crippen LogP contribution in [0.1, 0.15) is 19.8 Å². The van der Waals surface area contributed by atoms with E-state index in [1.54, 1.807) is 32.3 Å². The molecule has 1 aliphatic heterocycles. The normalized spacial score (nSPS) is 18.2.